The highest BCUT2D eigenvalue weighted by atomic mass is 16.5. The van der Waals surface area contributed by atoms with E-state index in [-0.39, 0.29) is 24.2 Å². The van der Waals surface area contributed by atoms with E-state index < -0.39 is 6.04 Å². The number of anilines is 1. The van der Waals surface area contributed by atoms with Crippen molar-refractivity contribution in [2.45, 2.75) is 45.6 Å². The third-order valence-corrected chi connectivity index (χ3v) is 6.00. The van der Waals surface area contributed by atoms with Gasteiger partial charge in [0.15, 0.2) is 0 Å². The first kappa shape index (κ1) is 25.3. The van der Waals surface area contributed by atoms with Crippen molar-refractivity contribution < 1.29 is 14.3 Å². The van der Waals surface area contributed by atoms with Gasteiger partial charge in [-0.3, -0.25) is 19.5 Å². The quantitative estimate of drug-likeness (QED) is 0.468. The van der Waals surface area contributed by atoms with E-state index in [1.165, 1.54) is 0 Å². The van der Waals surface area contributed by atoms with Crippen molar-refractivity contribution in [3.8, 4) is 11.7 Å². The van der Waals surface area contributed by atoms with Gasteiger partial charge in [0.1, 0.15) is 23.9 Å². The van der Waals surface area contributed by atoms with Gasteiger partial charge in [0.2, 0.25) is 17.8 Å². The summed E-state index contributed by atoms with van der Waals surface area (Å²) in [5.41, 5.74) is 1.93. The number of imidazole rings is 1. The van der Waals surface area contributed by atoms with E-state index in [0.29, 0.717) is 38.6 Å². The Labute approximate surface area is 211 Å². The van der Waals surface area contributed by atoms with Crippen LogP contribution in [0.5, 0.6) is 5.75 Å². The van der Waals surface area contributed by atoms with Crippen LogP contribution >= 0.6 is 0 Å². The molecular formula is C26H33N7O3. The van der Waals surface area contributed by atoms with E-state index in [1.807, 2.05) is 37.3 Å². The lowest BCUT2D eigenvalue weighted by Crippen LogP contribution is -2.58. The summed E-state index contributed by atoms with van der Waals surface area (Å²) in [4.78, 5) is 40.8. The highest BCUT2D eigenvalue weighted by Gasteiger charge is 2.28. The first-order chi connectivity index (χ1) is 17.4. The molecule has 3 aromatic rings. The number of carbonyl (C=O) groups is 2. The number of piperazine rings is 1. The van der Waals surface area contributed by atoms with Crippen molar-refractivity contribution in [3.63, 3.8) is 0 Å². The second-order valence-electron chi connectivity index (χ2n) is 9.02. The Morgan fingerprint density at radius 2 is 2.03 bits per heavy atom. The number of aromatic nitrogens is 4. The molecule has 1 aromatic carbocycles. The fourth-order valence-corrected chi connectivity index (χ4v) is 3.99. The summed E-state index contributed by atoms with van der Waals surface area (Å²) in [7, 11) is 0. The molecule has 0 bridgehead atoms. The Morgan fingerprint density at radius 3 is 2.72 bits per heavy atom. The first-order valence-electron chi connectivity index (χ1n) is 12.3. The predicted octanol–water partition coefficient (Wildman–Crippen LogP) is 2.24. The van der Waals surface area contributed by atoms with E-state index >= 15 is 0 Å². The molecule has 2 amide bonds. The summed E-state index contributed by atoms with van der Waals surface area (Å²) in [5.74, 6) is 1.68. The SMILES string of the molecule is CCOc1ccc(CCC(=O)NC(=O)C2CN(c3cc(C(C)C)nc(-n4ccnc4)n3)CCN2)cc1. The number of benzene rings is 1. The van der Waals surface area contributed by atoms with Gasteiger partial charge >= 0.3 is 0 Å². The smallest absolute Gasteiger partial charge is 0.245 e. The van der Waals surface area contributed by atoms with Crippen molar-refractivity contribution in [3.05, 3.63) is 60.3 Å². The number of carbonyl (C=O) groups excluding carboxylic acids is 2. The molecule has 4 rings (SSSR count). The van der Waals surface area contributed by atoms with Crippen molar-refractivity contribution in [2.24, 2.45) is 0 Å². The average Bonchev–Trinajstić information content (AvgIpc) is 3.43. The molecule has 10 nitrogen and oxygen atoms in total. The largest absolute Gasteiger partial charge is 0.494 e. The molecule has 1 fully saturated rings. The van der Waals surface area contributed by atoms with Gasteiger partial charge in [0, 0.05) is 44.5 Å². The Morgan fingerprint density at radius 1 is 1.22 bits per heavy atom. The van der Waals surface area contributed by atoms with E-state index in [2.05, 4.69) is 39.3 Å². The van der Waals surface area contributed by atoms with E-state index in [1.54, 1.807) is 23.3 Å². The van der Waals surface area contributed by atoms with Crippen LogP contribution in [0.1, 0.15) is 44.4 Å². The van der Waals surface area contributed by atoms with Gasteiger partial charge in [0.25, 0.3) is 0 Å². The second kappa shape index (κ2) is 11.8. The van der Waals surface area contributed by atoms with E-state index in [0.717, 1.165) is 22.8 Å². The summed E-state index contributed by atoms with van der Waals surface area (Å²) in [6.45, 7) is 8.39. The highest BCUT2D eigenvalue weighted by Crippen LogP contribution is 2.21. The van der Waals surface area contributed by atoms with Crippen LogP contribution < -0.4 is 20.3 Å². The van der Waals surface area contributed by atoms with Crippen LogP contribution in [-0.4, -0.2) is 63.6 Å². The molecule has 1 aliphatic rings. The van der Waals surface area contributed by atoms with Crippen molar-refractivity contribution in [1.29, 1.82) is 0 Å². The van der Waals surface area contributed by atoms with Gasteiger partial charge in [-0.25, -0.2) is 9.97 Å². The van der Waals surface area contributed by atoms with E-state index in [9.17, 15) is 9.59 Å². The van der Waals surface area contributed by atoms with Crippen molar-refractivity contribution in [2.75, 3.05) is 31.1 Å². The van der Waals surface area contributed by atoms with Crippen LogP contribution in [0.3, 0.4) is 0 Å². The van der Waals surface area contributed by atoms with Gasteiger partial charge in [-0.2, -0.15) is 4.98 Å². The number of hydrogen-bond acceptors (Lipinski definition) is 8. The molecule has 0 saturated carbocycles. The van der Waals surface area contributed by atoms with Crippen molar-refractivity contribution >= 4 is 17.6 Å². The third kappa shape index (κ3) is 6.45. The normalized spacial score (nSPS) is 15.7. The number of aryl methyl sites for hydroxylation is 1. The van der Waals surface area contributed by atoms with Crippen LogP contribution in [0.4, 0.5) is 5.82 Å². The third-order valence-electron chi connectivity index (χ3n) is 6.00. The lowest BCUT2D eigenvalue weighted by Gasteiger charge is -2.34. The molecule has 0 radical (unpaired) electrons. The maximum absolute atomic E-state index is 12.9. The second-order valence-corrected chi connectivity index (χ2v) is 9.02. The predicted molar refractivity (Wildman–Crippen MR) is 136 cm³/mol. The first-order valence-corrected chi connectivity index (χ1v) is 12.3. The molecule has 1 saturated heterocycles. The van der Waals surface area contributed by atoms with Crippen LogP contribution in [0.25, 0.3) is 5.95 Å². The molecule has 0 spiro atoms. The molecule has 1 aliphatic heterocycles. The van der Waals surface area contributed by atoms with Crippen LogP contribution in [0.2, 0.25) is 0 Å². The number of rotatable bonds is 9. The standard InChI is InChI=1S/C26H33N7O3/c1-4-36-20-8-5-19(6-9-20)7-10-24(34)31-25(35)22-16-32(14-12-28-22)23-15-21(18(2)3)29-26(30-23)33-13-11-27-17-33/h5-6,8-9,11,13,15,17-18,22,28H,4,7,10,12,14,16H2,1-3H3,(H,31,34,35). The fourth-order valence-electron chi connectivity index (χ4n) is 3.99. The Balaban J connectivity index is 1.36. The Kier molecular flexibility index (Phi) is 8.27. The van der Waals surface area contributed by atoms with Gasteiger partial charge < -0.3 is 15.0 Å². The number of nitrogens with one attached hydrogen (secondary N) is 2. The Hall–Kier alpha value is -3.79. The molecule has 10 heteroatoms. The summed E-state index contributed by atoms with van der Waals surface area (Å²) in [6.07, 6.45) is 5.93. The van der Waals surface area contributed by atoms with Gasteiger partial charge in [0.05, 0.1) is 12.3 Å². The lowest BCUT2D eigenvalue weighted by molar-refractivity contribution is -0.131. The van der Waals surface area contributed by atoms with Crippen LogP contribution in [0, 0.1) is 0 Å². The summed E-state index contributed by atoms with van der Waals surface area (Å²) >= 11 is 0. The van der Waals surface area contributed by atoms with Gasteiger partial charge in [-0.15, -0.1) is 0 Å². The minimum Gasteiger partial charge on any atom is -0.494 e. The number of imide groups is 1. The summed E-state index contributed by atoms with van der Waals surface area (Å²) in [5, 5.41) is 5.77. The zero-order valence-corrected chi connectivity index (χ0v) is 21.0. The maximum atomic E-state index is 12.9. The zero-order valence-electron chi connectivity index (χ0n) is 21.0. The average molecular weight is 492 g/mol. The van der Waals surface area contributed by atoms with Crippen molar-refractivity contribution in [1.82, 2.24) is 30.2 Å². The van der Waals surface area contributed by atoms with Gasteiger partial charge in [-0.1, -0.05) is 26.0 Å². The summed E-state index contributed by atoms with van der Waals surface area (Å²) < 4.78 is 7.21. The molecule has 0 aliphatic carbocycles. The minimum absolute atomic E-state index is 0.212. The molecule has 1 unspecified atom stereocenters. The zero-order chi connectivity index (χ0) is 25.5. The van der Waals surface area contributed by atoms with E-state index in [4.69, 9.17) is 9.72 Å². The fraction of sp³-hybridized carbons (Fsp3) is 0.423. The summed E-state index contributed by atoms with van der Waals surface area (Å²) in [6, 6.07) is 9.09. The molecule has 2 aromatic heterocycles. The number of amides is 2. The minimum atomic E-state index is -0.526. The van der Waals surface area contributed by atoms with Crippen LogP contribution in [-0.2, 0) is 16.0 Å². The molecule has 2 N–H and O–H groups in total. The monoisotopic (exact) mass is 491 g/mol. The Bertz CT molecular complexity index is 1160. The molecular weight excluding hydrogens is 458 g/mol. The van der Waals surface area contributed by atoms with Crippen LogP contribution in [0.15, 0.2) is 49.1 Å². The molecule has 3 heterocycles. The molecule has 1 atom stereocenters. The number of nitrogens with zero attached hydrogens (tertiary/aromatic N) is 5. The lowest BCUT2D eigenvalue weighted by atomic mass is 10.1. The molecule has 36 heavy (non-hydrogen) atoms. The maximum Gasteiger partial charge on any atom is 0.245 e. The number of hydrogen-bond donors (Lipinski definition) is 2. The highest BCUT2D eigenvalue weighted by molar-refractivity contribution is 5.98. The number of ether oxygens (including phenoxy) is 1. The molecule has 190 valence electrons. The van der Waals surface area contributed by atoms with Gasteiger partial charge in [-0.05, 0) is 37.0 Å². The topological polar surface area (TPSA) is 114 Å².